The molecule has 210 valence electrons. The number of nitrogens with one attached hydrogen (secondary N) is 2. The van der Waals surface area contributed by atoms with E-state index in [1.165, 1.54) is 0 Å². The van der Waals surface area contributed by atoms with E-state index in [4.69, 9.17) is 18.9 Å². The van der Waals surface area contributed by atoms with Crippen molar-refractivity contribution >= 4 is 50.4 Å². The number of hydrogen-bond acceptors (Lipinski definition) is 8. The molecule has 2 atom stereocenters. The van der Waals surface area contributed by atoms with Crippen molar-refractivity contribution in [3.63, 3.8) is 0 Å². The average molecular weight is 647 g/mol. The predicted molar refractivity (Wildman–Crippen MR) is 139 cm³/mol. The number of carbonyl (C=O) groups is 4. The molecule has 0 aromatic heterocycles. The third-order valence-corrected chi connectivity index (χ3v) is 10.4. The van der Waals surface area contributed by atoms with Gasteiger partial charge in [-0.25, -0.2) is 0 Å². The van der Waals surface area contributed by atoms with Gasteiger partial charge in [-0.05, 0) is 0 Å². The summed E-state index contributed by atoms with van der Waals surface area (Å²) in [6.07, 6.45) is -1.42. The van der Waals surface area contributed by atoms with E-state index in [0.717, 1.165) is 0 Å². The number of carbonyl (C=O) groups excluding carboxylic acids is 4. The molecule has 12 heteroatoms. The molecule has 0 aliphatic carbocycles. The molecule has 10 nitrogen and oxygen atoms in total. The van der Waals surface area contributed by atoms with Crippen LogP contribution in [-0.2, 0) is 28.5 Å². The Balaban J connectivity index is 5.27. The quantitative estimate of drug-likeness (QED) is 0.168. The summed E-state index contributed by atoms with van der Waals surface area (Å²) >= 11 is -0.251. The Labute approximate surface area is 226 Å². The zero-order valence-corrected chi connectivity index (χ0v) is 27.1. The Kier molecular flexibility index (Phi) is 13.3. The van der Waals surface area contributed by atoms with Gasteiger partial charge in [-0.1, -0.05) is 0 Å². The molecule has 0 fully saturated rings. The van der Waals surface area contributed by atoms with Crippen molar-refractivity contribution in [3.05, 3.63) is 0 Å². The van der Waals surface area contributed by atoms with Crippen molar-refractivity contribution in [1.82, 2.24) is 10.6 Å². The first-order valence-electron chi connectivity index (χ1n) is 11.7. The minimum atomic E-state index is -0.889. The van der Waals surface area contributed by atoms with Crippen LogP contribution < -0.4 is 10.6 Å². The number of ether oxygens (including phenoxy) is 4. The van der Waals surface area contributed by atoms with Crippen LogP contribution in [-0.4, -0.2) is 84.9 Å². The van der Waals surface area contributed by atoms with E-state index < -0.39 is 58.6 Å². The molecule has 0 saturated carbocycles. The molecule has 2 N–H and O–H groups in total. The van der Waals surface area contributed by atoms with Crippen LogP contribution in [0.15, 0.2) is 0 Å². The molecule has 0 saturated heterocycles. The maximum absolute atomic E-state index is 12.7. The van der Waals surface area contributed by atoms with E-state index in [-0.39, 0.29) is 26.3 Å². The number of esters is 2. The van der Waals surface area contributed by atoms with Crippen molar-refractivity contribution in [2.24, 2.45) is 0 Å². The normalized spacial score (nSPS) is 14.2. The van der Waals surface area contributed by atoms with Crippen molar-refractivity contribution < 1.29 is 38.1 Å². The number of alkyl carbamates (subject to hydrolysis) is 2. The predicted octanol–water partition coefficient (Wildman–Crippen LogP) is 3.62. The second kappa shape index (κ2) is 13.9. The van der Waals surface area contributed by atoms with Crippen LogP contribution in [0.4, 0.5) is 9.59 Å². The molecular weight excluding hydrogens is 602 g/mol. The Morgan fingerprint density at radius 1 is 0.528 bits per heavy atom. The van der Waals surface area contributed by atoms with Crippen LogP contribution in [0.25, 0.3) is 0 Å². The summed E-state index contributed by atoms with van der Waals surface area (Å²) in [7, 11) is 0. The van der Waals surface area contributed by atoms with E-state index in [1.54, 1.807) is 83.1 Å². The van der Waals surface area contributed by atoms with Gasteiger partial charge >= 0.3 is 227 Å². The summed E-state index contributed by atoms with van der Waals surface area (Å²) in [5.41, 5.74) is -2.87. The molecule has 0 aliphatic rings. The van der Waals surface area contributed by atoms with Gasteiger partial charge in [-0.3, -0.25) is 0 Å². The van der Waals surface area contributed by atoms with Gasteiger partial charge in [0, 0.05) is 0 Å². The number of amides is 2. The molecule has 0 spiro atoms. The molecule has 2 amide bonds. The summed E-state index contributed by atoms with van der Waals surface area (Å²) in [6.45, 7) is 20.9. The SMILES string of the molecule is CC(C)(C)OC(=O)N[C@@H](C[Se][Se]C[C@H](NC(=O)OC(C)(C)C)C(=O)OC(C)(C)C)C(=O)OC(C)(C)C. The third kappa shape index (κ3) is 18.7. The van der Waals surface area contributed by atoms with Gasteiger partial charge in [-0.15, -0.1) is 0 Å². The van der Waals surface area contributed by atoms with Gasteiger partial charge in [0.2, 0.25) is 0 Å². The van der Waals surface area contributed by atoms with Crippen molar-refractivity contribution in [2.45, 2.75) is 128 Å². The fraction of sp³-hybridized carbons (Fsp3) is 0.833. The first-order chi connectivity index (χ1) is 16.0. The van der Waals surface area contributed by atoms with E-state index in [2.05, 4.69) is 10.6 Å². The first-order valence-corrected chi connectivity index (χ1v) is 18.4. The van der Waals surface area contributed by atoms with Crippen molar-refractivity contribution in [2.75, 3.05) is 0 Å². The van der Waals surface area contributed by atoms with E-state index >= 15 is 0 Å². The number of rotatable bonds is 9. The topological polar surface area (TPSA) is 129 Å². The fourth-order valence-corrected chi connectivity index (χ4v) is 9.18. The zero-order chi connectivity index (χ0) is 28.5. The molecule has 0 aromatic rings. The van der Waals surface area contributed by atoms with Crippen LogP contribution in [0, 0.1) is 0 Å². The molecule has 0 rings (SSSR count). The van der Waals surface area contributed by atoms with Gasteiger partial charge in [0.1, 0.15) is 0 Å². The van der Waals surface area contributed by atoms with Gasteiger partial charge in [0.05, 0.1) is 0 Å². The van der Waals surface area contributed by atoms with E-state index in [1.807, 2.05) is 0 Å². The van der Waals surface area contributed by atoms with Gasteiger partial charge < -0.3 is 0 Å². The van der Waals surface area contributed by atoms with Crippen LogP contribution >= 0.6 is 0 Å². The van der Waals surface area contributed by atoms with Crippen molar-refractivity contribution in [3.8, 4) is 0 Å². The Morgan fingerprint density at radius 3 is 1.00 bits per heavy atom. The van der Waals surface area contributed by atoms with E-state index in [0.29, 0.717) is 10.6 Å². The van der Waals surface area contributed by atoms with Crippen LogP contribution in [0.5, 0.6) is 0 Å². The summed E-state index contributed by atoms with van der Waals surface area (Å²) < 4.78 is 21.5. The second-order valence-corrected chi connectivity index (χ2v) is 19.6. The third-order valence-electron chi connectivity index (χ3n) is 3.32. The van der Waals surface area contributed by atoms with Crippen LogP contribution in [0.1, 0.15) is 83.1 Å². The molecule has 36 heavy (non-hydrogen) atoms. The monoisotopic (exact) mass is 648 g/mol. The zero-order valence-electron chi connectivity index (χ0n) is 23.7. The van der Waals surface area contributed by atoms with Gasteiger partial charge in [0.25, 0.3) is 0 Å². The number of hydrogen-bond donors (Lipinski definition) is 2. The molecular formula is C24H44N2O8Se2. The molecule has 0 aromatic carbocycles. The Hall–Kier alpha value is -1.48. The molecule has 0 unspecified atom stereocenters. The average Bonchev–Trinajstić information content (AvgIpc) is 2.56. The van der Waals surface area contributed by atoms with Crippen LogP contribution in [0.3, 0.4) is 0 Å². The minimum absolute atomic E-state index is 0.126. The van der Waals surface area contributed by atoms with Gasteiger partial charge in [0.15, 0.2) is 0 Å². The Bertz CT molecular complexity index is 698. The first kappa shape index (κ1) is 34.5. The molecule has 0 bridgehead atoms. The fourth-order valence-electron chi connectivity index (χ4n) is 2.22. The summed E-state index contributed by atoms with van der Waals surface area (Å²) in [5, 5.41) is 5.89. The molecule has 0 heterocycles. The molecule has 0 radical (unpaired) electrons. The standard InChI is InChI=1S/C24H44N2O8Se2/c1-21(2,3)31-17(27)15(25-19(29)33-23(7,8)9)13-35-36-14-16(18(28)32-22(4,5)6)26-20(30)34-24(10,11)12/h15-16H,13-14H2,1-12H3,(H,25,29)(H,26,30)/t15-,16-/m0/s1. The van der Waals surface area contributed by atoms with E-state index in [9.17, 15) is 19.2 Å². The Morgan fingerprint density at radius 2 is 0.778 bits per heavy atom. The second-order valence-electron chi connectivity index (χ2n) is 12.0. The van der Waals surface area contributed by atoms with Crippen molar-refractivity contribution in [1.29, 1.82) is 0 Å². The van der Waals surface area contributed by atoms with Gasteiger partial charge in [-0.2, -0.15) is 0 Å². The summed E-state index contributed by atoms with van der Waals surface area (Å²) in [4.78, 5) is 50.0. The maximum atomic E-state index is 12.7. The summed E-state index contributed by atoms with van der Waals surface area (Å²) in [5.74, 6) is -1.11. The molecule has 0 aliphatic heterocycles. The summed E-state index contributed by atoms with van der Waals surface area (Å²) in [6, 6.07) is -1.78. The van der Waals surface area contributed by atoms with Crippen LogP contribution in [0.2, 0.25) is 10.6 Å².